The second kappa shape index (κ2) is 5.91. The molecule has 1 saturated carbocycles. The normalized spacial score (nSPS) is 16.5. The van der Waals surface area contributed by atoms with Gasteiger partial charge in [0.15, 0.2) is 5.78 Å². The van der Waals surface area contributed by atoms with Crippen molar-refractivity contribution in [2.45, 2.75) is 52.5 Å². The second-order valence-corrected chi connectivity index (χ2v) is 5.77. The number of rotatable bonds is 5. The lowest BCUT2D eigenvalue weighted by Crippen LogP contribution is -2.37. The van der Waals surface area contributed by atoms with E-state index in [1.807, 2.05) is 20.0 Å². The van der Waals surface area contributed by atoms with E-state index in [9.17, 15) is 4.79 Å². The Morgan fingerprint density at radius 1 is 1.37 bits per heavy atom. The van der Waals surface area contributed by atoms with Crippen molar-refractivity contribution in [3.8, 4) is 0 Å². The fraction of sp³-hybridized carbons (Fsp3) is 0.688. The predicted octanol–water partition coefficient (Wildman–Crippen LogP) is 3.09. The minimum absolute atomic E-state index is 0.273. The number of carbonyl (C=O) groups is 1. The molecule has 0 atom stereocenters. The van der Waals surface area contributed by atoms with Crippen LogP contribution in [-0.4, -0.2) is 34.4 Å². The molecule has 2 rings (SSSR count). The first-order valence-electron chi connectivity index (χ1n) is 7.44. The molecule has 3 nitrogen and oxygen atoms in total. The molecule has 0 bridgehead atoms. The summed E-state index contributed by atoms with van der Waals surface area (Å²) in [6.07, 6.45) is 5.15. The summed E-state index contributed by atoms with van der Waals surface area (Å²) in [5, 5.41) is 0. The monoisotopic (exact) mass is 262 g/mol. The molecule has 0 radical (unpaired) electrons. The maximum absolute atomic E-state index is 12.5. The molecule has 3 heteroatoms. The summed E-state index contributed by atoms with van der Waals surface area (Å²) >= 11 is 0. The zero-order valence-corrected chi connectivity index (χ0v) is 12.7. The van der Waals surface area contributed by atoms with Crippen LogP contribution >= 0.6 is 0 Å². The van der Waals surface area contributed by atoms with Gasteiger partial charge in [0.1, 0.15) is 0 Å². The number of ketones is 1. The van der Waals surface area contributed by atoms with Crippen molar-refractivity contribution in [3.63, 3.8) is 0 Å². The van der Waals surface area contributed by atoms with Gasteiger partial charge >= 0.3 is 0 Å². The van der Waals surface area contributed by atoms with E-state index < -0.39 is 0 Å². The minimum atomic E-state index is 0.273. The van der Waals surface area contributed by atoms with E-state index in [0.717, 1.165) is 23.5 Å². The third-order valence-electron chi connectivity index (χ3n) is 4.67. The SMILES string of the molecule is CCN(CC(=O)c1cc(C)n(C)c1C)C1CCCC1. The van der Waals surface area contributed by atoms with Gasteiger partial charge in [0, 0.05) is 30.0 Å². The van der Waals surface area contributed by atoms with Crippen molar-refractivity contribution < 1.29 is 4.79 Å². The fourth-order valence-corrected chi connectivity index (χ4v) is 3.18. The van der Waals surface area contributed by atoms with Crippen LogP contribution in [0, 0.1) is 13.8 Å². The van der Waals surface area contributed by atoms with E-state index >= 15 is 0 Å². The van der Waals surface area contributed by atoms with Crippen LogP contribution in [0.2, 0.25) is 0 Å². The molecule has 0 aromatic carbocycles. The first-order chi connectivity index (χ1) is 9.04. The molecule has 0 aliphatic heterocycles. The summed E-state index contributed by atoms with van der Waals surface area (Å²) in [6, 6.07) is 2.65. The Balaban J connectivity index is 2.08. The molecule has 0 amide bonds. The molecule has 19 heavy (non-hydrogen) atoms. The van der Waals surface area contributed by atoms with Gasteiger partial charge in [-0.25, -0.2) is 0 Å². The van der Waals surface area contributed by atoms with Crippen LogP contribution in [0.25, 0.3) is 0 Å². The largest absolute Gasteiger partial charge is 0.351 e. The average Bonchev–Trinajstić information content (AvgIpc) is 3.00. The predicted molar refractivity (Wildman–Crippen MR) is 78.7 cm³/mol. The highest BCUT2D eigenvalue weighted by molar-refractivity contribution is 5.99. The Bertz CT molecular complexity index is 456. The lowest BCUT2D eigenvalue weighted by Gasteiger charge is -2.26. The molecular weight excluding hydrogens is 236 g/mol. The number of hydrogen-bond acceptors (Lipinski definition) is 2. The van der Waals surface area contributed by atoms with Crippen LogP contribution in [0.4, 0.5) is 0 Å². The van der Waals surface area contributed by atoms with E-state index in [1.165, 1.54) is 25.7 Å². The van der Waals surface area contributed by atoms with E-state index in [0.29, 0.717) is 12.6 Å². The van der Waals surface area contributed by atoms with Crippen LogP contribution in [-0.2, 0) is 7.05 Å². The smallest absolute Gasteiger partial charge is 0.178 e. The summed E-state index contributed by atoms with van der Waals surface area (Å²) in [7, 11) is 2.02. The summed E-state index contributed by atoms with van der Waals surface area (Å²) in [4.78, 5) is 14.9. The third kappa shape index (κ3) is 2.92. The summed E-state index contributed by atoms with van der Waals surface area (Å²) < 4.78 is 2.10. The van der Waals surface area contributed by atoms with Crippen LogP contribution in [0.3, 0.4) is 0 Å². The lowest BCUT2D eigenvalue weighted by molar-refractivity contribution is 0.0898. The molecule has 1 aromatic rings. The highest BCUT2D eigenvalue weighted by Gasteiger charge is 2.24. The van der Waals surface area contributed by atoms with Crippen LogP contribution in [0.5, 0.6) is 0 Å². The van der Waals surface area contributed by atoms with Gasteiger partial charge in [0.2, 0.25) is 0 Å². The molecule has 1 heterocycles. The zero-order chi connectivity index (χ0) is 14.0. The standard InChI is InChI=1S/C16H26N2O/c1-5-18(14-8-6-7-9-14)11-16(19)15-10-12(2)17(4)13(15)3/h10,14H,5-9,11H2,1-4H3. The maximum Gasteiger partial charge on any atom is 0.178 e. The lowest BCUT2D eigenvalue weighted by atomic mass is 10.1. The summed E-state index contributed by atoms with van der Waals surface area (Å²) in [5.41, 5.74) is 3.14. The Kier molecular flexibility index (Phi) is 4.46. The molecule has 1 aromatic heterocycles. The average molecular weight is 262 g/mol. The van der Waals surface area contributed by atoms with Crippen molar-refractivity contribution in [3.05, 3.63) is 23.0 Å². The van der Waals surface area contributed by atoms with Crippen molar-refractivity contribution >= 4 is 5.78 Å². The number of hydrogen-bond donors (Lipinski definition) is 0. The van der Waals surface area contributed by atoms with Gasteiger partial charge in [-0.05, 0) is 39.3 Å². The highest BCUT2D eigenvalue weighted by atomic mass is 16.1. The van der Waals surface area contributed by atoms with Crippen molar-refractivity contribution in [2.75, 3.05) is 13.1 Å². The molecule has 0 N–H and O–H groups in total. The zero-order valence-electron chi connectivity index (χ0n) is 12.7. The van der Waals surface area contributed by atoms with Crippen molar-refractivity contribution in [1.29, 1.82) is 0 Å². The quantitative estimate of drug-likeness (QED) is 0.762. The van der Waals surface area contributed by atoms with E-state index in [1.54, 1.807) is 0 Å². The topological polar surface area (TPSA) is 25.2 Å². The van der Waals surface area contributed by atoms with E-state index in [2.05, 4.69) is 23.3 Å². The Morgan fingerprint density at radius 2 is 2.00 bits per heavy atom. The minimum Gasteiger partial charge on any atom is -0.351 e. The van der Waals surface area contributed by atoms with Gasteiger partial charge in [-0.3, -0.25) is 9.69 Å². The first-order valence-corrected chi connectivity index (χ1v) is 7.44. The van der Waals surface area contributed by atoms with Crippen molar-refractivity contribution in [1.82, 2.24) is 9.47 Å². The summed E-state index contributed by atoms with van der Waals surface area (Å²) in [5.74, 6) is 0.273. The number of aryl methyl sites for hydroxylation is 1. The van der Waals surface area contributed by atoms with Gasteiger partial charge in [-0.2, -0.15) is 0 Å². The number of Topliss-reactive ketones (excluding diaryl/α,β-unsaturated/α-hetero) is 1. The van der Waals surface area contributed by atoms with Gasteiger partial charge in [-0.15, -0.1) is 0 Å². The number of carbonyl (C=O) groups excluding carboxylic acids is 1. The molecule has 1 aliphatic carbocycles. The Hall–Kier alpha value is -1.09. The molecule has 106 valence electrons. The van der Waals surface area contributed by atoms with Gasteiger partial charge in [-0.1, -0.05) is 19.8 Å². The Morgan fingerprint density at radius 3 is 2.47 bits per heavy atom. The fourth-order valence-electron chi connectivity index (χ4n) is 3.18. The summed E-state index contributed by atoms with van der Waals surface area (Å²) in [6.45, 7) is 7.80. The van der Waals surface area contributed by atoms with Gasteiger partial charge < -0.3 is 4.57 Å². The molecular formula is C16H26N2O. The van der Waals surface area contributed by atoms with Crippen LogP contribution < -0.4 is 0 Å². The first kappa shape index (κ1) is 14.3. The molecule has 0 unspecified atom stereocenters. The van der Waals surface area contributed by atoms with Crippen LogP contribution in [0.15, 0.2) is 6.07 Å². The number of aromatic nitrogens is 1. The Labute approximate surface area is 116 Å². The third-order valence-corrected chi connectivity index (χ3v) is 4.67. The second-order valence-electron chi connectivity index (χ2n) is 5.77. The van der Waals surface area contributed by atoms with E-state index in [-0.39, 0.29) is 5.78 Å². The van der Waals surface area contributed by atoms with Gasteiger partial charge in [0.05, 0.1) is 6.54 Å². The number of nitrogens with zero attached hydrogens (tertiary/aromatic N) is 2. The molecule has 1 aliphatic rings. The molecule has 1 fully saturated rings. The van der Waals surface area contributed by atoms with Gasteiger partial charge in [0.25, 0.3) is 0 Å². The molecule has 0 saturated heterocycles. The maximum atomic E-state index is 12.5. The van der Waals surface area contributed by atoms with E-state index in [4.69, 9.17) is 0 Å². The number of likely N-dealkylation sites (N-methyl/N-ethyl adjacent to an activating group) is 1. The van der Waals surface area contributed by atoms with Crippen molar-refractivity contribution in [2.24, 2.45) is 7.05 Å². The molecule has 0 spiro atoms. The van der Waals surface area contributed by atoms with Crippen LogP contribution in [0.1, 0.15) is 54.4 Å². The highest BCUT2D eigenvalue weighted by Crippen LogP contribution is 2.24.